The Morgan fingerprint density at radius 2 is 1.94 bits per heavy atom. The second-order valence-corrected chi connectivity index (χ2v) is 10.0. The standard InChI is InChI=1S/C26H37N3O7/c1-3-4-12-28-13-7-11-26-21(23(32)29(14-8-15-30)22(26)24(28)33)20-18(36-26)9-5-6-10-19(31)27-16-17(2)35-25(20)34/h5,7,9,11,17-18,20-22,30H,3-4,6,8,10,12-16H2,1-2H3,(H,27,31)/b9-5-/t17-,18-,20+,21+,22-,26+/m1/s1. The zero-order chi connectivity index (χ0) is 25.9. The molecule has 198 valence electrons. The van der Waals surface area contributed by atoms with Crippen molar-refractivity contribution in [1.29, 1.82) is 0 Å². The fraction of sp³-hybridized carbons (Fsp3) is 0.692. The topological polar surface area (TPSA) is 125 Å². The molecule has 0 bridgehead atoms. The Bertz CT molecular complexity index is 934. The van der Waals surface area contributed by atoms with Crippen LogP contribution in [0.4, 0.5) is 0 Å². The van der Waals surface area contributed by atoms with Gasteiger partial charge in [0.05, 0.1) is 18.6 Å². The van der Waals surface area contributed by atoms with Crippen LogP contribution in [0.25, 0.3) is 0 Å². The van der Waals surface area contributed by atoms with E-state index >= 15 is 0 Å². The third kappa shape index (κ3) is 4.80. The summed E-state index contributed by atoms with van der Waals surface area (Å²) in [5.74, 6) is -3.14. The smallest absolute Gasteiger partial charge is 0.313 e. The van der Waals surface area contributed by atoms with E-state index in [1.807, 2.05) is 6.08 Å². The number of carbonyl (C=O) groups is 4. The molecule has 0 unspecified atom stereocenters. The molecule has 0 aromatic rings. The number of aliphatic hydroxyl groups is 1. The Morgan fingerprint density at radius 3 is 2.69 bits per heavy atom. The highest BCUT2D eigenvalue weighted by Crippen LogP contribution is 2.53. The third-order valence-corrected chi connectivity index (χ3v) is 7.46. The van der Waals surface area contributed by atoms with Crippen LogP contribution in [0, 0.1) is 11.8 Å². The minimum atomic E-state index is -1.32. The molecule has 6 atom stereocenters. The Kier molecular flexibility index (Phi) is 8.14. The minimum Gasteiger partial charge on any atom is -0.460 e. The first-order valence-corrected chi connectivity index (χ1v) is 13.0. The van der Waals surface area contributed by atoms with Crippen LogP contribution in [0.2, 0.25) is 0 Å². The van der Waals surface area contributed by atoms with Gasteiger partial charge < -0.3 is 29.7 Å². The van der Waals surface area contributed by atoms with Gasteiger partial charge in [0.1, 0.15) is 23.7 Å². The van der Waals surface area contributed by atoms with Crippen LogP contribution < -0.4 is 5.32 Å². The van der Waals surface area contributed by atoms with Crippen molar-refractivity contribution >= 4 is 23.7 Å². The van der Waals surface area contributed by atoms with Gasteiger partial charge in [0.2, 0.25) is 17.7 Å². The summed E-state index contributed by atoms with van der Waals surface area (Å²) in [7, 11) is 0. The molecular formula is C26H37N3O7. The lowest BCUT2D eigenvalue weighted by Crippen LogP contribution is -2.55. The van der Waals surface area contributed by atoms with Gasteiger partial charge >= 0.3 is 5.97 Å². The van der Waals surface area contributed by atoms with Crippen LogP contribution in [0.15, 0.2) is 24.3 Å². The van der Waals surface area contributed by atoms with Gasteiger partial charge in [0.15, 0.2) is 0 Å². The molecule has 4 rings (SSSR count). The number of unbranched alkanes of at least 4 members (excludes halogenated alkanes) is 1. The zero-order valence-corrected chi connectivity index (χ0v) is 21.1. The fourth-order valence-corrected chi connectivity index (χ4v) is 5.74. The lowest BCUT2D eigenvalue weighted by molar-refractivity contribution is -0.158. The van der Waals surface area contributed by atoms with E-state index in [1.165, 1.54) is 4.90 Å². The predicted molar refractivity (Wildman–Crippen MR) is 129 cm³/mol. The maximum Gasteiger partial charge on any atom is 0.313 e. The molecule has 3 amide bonds. The fourth-order valence-electron chi connectivity index (χ4n) is 5.74. The van der Waals surface area contributed by atoms with Crippen molar-refractivity contribution in [2.24, 2.45) is 11.8 Å². The summed E-state index contributed by atoms with van der Waals surface area (Å²) < 4.78 is 12.2. The highest BCUT2D eigenvalue weighted by atomic mass is 16.6. The molecule has 4 aliphatic rings. The lowest BCUT2D eigenvalue weighted by Gasteiger charge is -2.35. The van der Waals surface area contributed by atoms with Gasteiger partial charge in [-0.3, -0.25) is 19.2 Å². The van der Waals surface area contributed by atoms with Crippen molar-refractivity contribution in [3.05, 3.63) is 24.3 Å². The third-order valence-electron chi connectivity index (χ3n) is 7.46. The van der Waals surface area contributed by atoms with Crippen molar-refractivity contribution in [3.63, 3.8) is 0 Å². The summed E-state index contributed by atoms with van der Waals surface area (Å²) in [4.78, 5) is 56.5. The van der Waals surface area contributed by atoms with Gasteiger partial charge in [-0.25, -0.2) is 0 Å². The summed E-state index contributed by atoms with van der Waals surface area (Å²) in [6.07, 6.45) is 8.60. The molecule has 10 nitrogen and oxygen atoms in total. The SMILES string of the molecule is CCCCN1CC=C[C@]23O[C@@H]4/C=C\CCC(=O)NC[C@@H](C)OC(=O)[C@@H]4[C@H]2C(=O)N(CCCO)[C@@H]3C1=O. The number of likely N-dealkylation sites (tertiary alicyclic amines) is 1. The number of nitrogens with zero attached hydrogens (tertiary/aromatic N) is 2. The maximum atomic E-state index is 13.9. The molecule has 0 radical (unpaired) electrons. The molecule has 4 aliphatic heterocycles. The average molecular weight is 504 g/mol. The molecule has 2 N–H and O–H groups in total. The van der Waals surface area contributed by atoms with E-state index < -0.39 is 41.7 Å². The zero-order valence-electron chi connectivity index (χ0n) is 21.1. The van der Waals surface area contributed by atoms with Crippen molar-refractivity contribution in [2.75, 3.05) is 32.8 Å². The van der Waals surface area contributed by atoms with Crippen LogP contribution >= 0.6 is 0 Å². The van der Waals surface area contributed by atoms with Gasteiger partial charge in [-0.1, -0.05) is 37.6 Å². The van der Waals surface area contributed by atoms with Crippen LogP contribution in [-0.4, -0.2) is 95.2 Å². The molecule has 0 saturated carbocycles. The van der Waals surface area contributed by atoms with E-state index in [9.17, 15) is 24.3 Å². The lowest BCUT2D eigenvalue weighted by atomic mass is 9.78. The number of amides is 3. The van der Waals surface area contributed by atoms with Gasteiger partial charge in [-0.2, -0.15) is 0 Å². The molecule has 0 aromatic carbocycles. The Hall–Kier alpha value is -2.72. The Balaban J connectivity index is 1.75. The predicted octanol–water partition coefficient (Wildman–Crippen LogP) is 0.546. The van der Waals surface area contributed by atoms with Crippen molar-refractivity contribution < 1.29 is 33.8 Å². The molecular weight excluding hydrogens is 466 g/mol. The number of ether oxygens (including phenoxy) is 2. The summed E-state index contributed by atoms with van der Waals surface area (Å²) >= 11 is 0. The van der Waals surface area contributed by atoms with E-state index in [0.29, 0.717) is 25.9 Å². The number of aliphatic hydroxyl groups excluding tert-OH is 1. The number of cyclic esters (lactones) is 1. The number of hydrogen-bond donors (Lipinski definition) is 2. The maximum absolute atomic E-state index is 13.9. The highest BCUT2D eigenvalue weighted by molar-refractivity contribution is 5.99. The minimum absolute atomic E-state index is 0.126. The Labute approximate surface area is 211 Å². The molecule has 2 fully saturated rings. The summed E-state index contributed by atoms with van der Waals surface area (Å²) in [5.41, 5.74) is -1.32. The van der Waals surface area contributed by atoms with Crippen molar-refractivity contribution in [2.45, 2.75) is 69.8 Å². The molecule has 1 spiro atoms. The second kappa shape index (κ2) is 11.1. The van der Waals surface area contributed by atoms with Gasteiger partial charge in [-0.05, 0) is 26.2 Å². The van der Waals surface area contributed by atoms with E-state index in [2.05, 4.69) is 12.2 Å². The first-order valence-electron chi connectivity index (χ1n) is 13.0. The van der Waals surface area contributed by atoms with Gasteiger partial charge in [0, 0.05) is 32.7 Å². The quantitative estimate of drug-likeness (QED) is 0.400. The van der Waals surface area contributed by atoms with Gasteiger partial charge in [0.25, 0.3) is 0 Å². The molecule has 2 saturated heterocycles. The van der Waals surface area contributed by atoms with E-state index in [-0.39, 0.29) is 43.8 Å². The average Bonchev–Trinajstić information content (AvgIpc) is 3.23. The van der Waals surface area contributed by atoms with Gasteiger partial charge in [-0.15, -0.1) is 0 Å². The van der Waals surface area contributed by atoms with E-state index in [1.54, 1.807) is 30.1 Å². The van der Waals surface area contributed by atoms with Crippen LogP contribution in [0.1, 0.15) is 46.0 Å². The summed E-state index contributed by atoms with van der Waals surface area (Å²) in [6.45, 7) is 4.94. The largest absolute Gasteiger partial charge is 0.460 e. The van der Waals surface area contributed by atoms with Crippen molar-refractivity contribution in [1.82, 2.24) is 15.1 Å². The second-order valence-electron chi connectivity index (χ2n) is 10.0. The summed E-state index contributed by atoms with van der Waals surface area (Å²) in [6, 6.07) is -0.929. The number of carbonyl (C=O) groups excluding carboxylic acids is 4. The highest BCUT2D eigenvalue weighted by Gasteiger charge is 2.71. The van der Waals surface area contributed by atoms with E-state index in [4.69, 9.17) is 9.47 Å². The monoisotopic (exact) mass is 503 g/mol. The first kappa shape index (κ1) is 26.3. The Morgan fingerprint density at radius 1 is 1.14 bits per heavy atom. The normalized spacial score (nSPS) is 35.7. The number of rotatable bonds is 6. The van der Waals surface area contributed by atoms with Crippen LogP contribution in [0.5, 0.6) is 0 Å². The summed E-state index contributed by atoms with van der Waals surface area (Å²) in [5, 5.41) is 12.2. The van der Waals surface area contributed by atoms with Crippen LogP contribution in [-0.2, 0) is 28.7 Å². The molecule has 10 heteroatoms. The number of esters is 1. The van der Waals surface area contributed by atoms with Crippen LogP contribution in [0.3, 0.4) is 0 Å². The van der Waals surface area contributed by atoms with Crippen molar-refractivity contribution in [3.8, 4) is 0 Å². The molecule has 0 aromatic heterocycles. The number of hydrogen-bond acceptors (Lipinski definition) is 7. The first-order chi connectivity index (χ1) is 17.3. The number of fused-ring (bicyclic) bond motifs is 2. The molecule has 36 heavy (non-hydrogen) atoms. The molecule has 4 heterocycles. The van der Waals surface area contributed by atoms with E-state index in [0.717, 1.165) is 12.8 Å². The molecule has 0 aliphatic carbocycles. The number of nitrogens with one attached hydrogen (secondary N) is 1. The number of allylic oxidation sites excluding steroid dienone is 1.